The molecule has 0 saturated heterocycles. The Morgan fingerprint density at radius 1 is 1.58 bits per heavy atom. The van der Waals surface area contributed by atoms with Gasteiger partial charge in [-0.15, -0.1) is 0 Å². The highest BCUT2D eigenvalue weighted by Gasteiger charge is 2.19. The van der Waals surface area contributed by atoms with Crippen molar-refractivity contribution in [2.75, 3.05) is 13.6 Å². The maximum absolute atomic E-state index is 11.2. The van der Waals surface area contributed by atoms with Gasteiger partial charge in [-0.05, 0) is 12.8 Å². The summed E-state index contributed by atoms with van der Waals surface area (Å²) < 4.78 is 0. The molecule has 0 radical (unpaired) electrons. The van der Waals surface area contributed by atoms with Crippen LogP contribution in [0.3, 0.4) is 0 Å². The molecule has 12 heavy (non-hydrogen) atoms. The second-order valence-corrected chi connectivity index (χ2v) is 3.08. The summed E-state index contributed by atoms with van der Waals surface area (Å²) >= 11 is 0. The van der Waals surface area contributed by atoms with Crippen LogP contribution in [0.2, 0.25) is 0 Å². The average Bonchev–Trinajstić information content (AvgIpc) is 2.05. The summed E-state index contributed by atoms with van der Waals surface area (Å²) in [6.45, 7) is 6.54. The minimum atomic E-state index is -0.199. The predicted octanol–water partition coefficient (Wildman–Crippen LogP) is 0.588. The third-order valence-corrected chi connectivity index (χ3v) is 1.86. The van der Waals surface area contributed by atoms with Gasteiger partial charge in [0, 0.05) is 13.6 Å². The van der Waals surface area contributed by atoms with Crippen molar-refractivity contribution in [2.45, 2.75) is 26.9 Å². The lowest BCUT2D eigenvalue weighted by atomic mass is 10.1. The molecule has 0 aliphatic carbocycles. The van der Waals surface area contributed by atoms with E-state index >= 15 is 0 Å². The highest BCUT2D eigenvalue weighted by molar-refractivity contribution is 5.74. The first-order valence-corrected chi connectivity index (χ1v) is 4.28. The summed E-state index contributed by atoms with van der Waals surface area (Å²) in [4.78, 5) is 12.8. The Kier molecular flexibility index (Phi) is 4.66. The van der Waals surface area contributed by atoms with Crippen molar-refractivity contribution in [3.63, 3.8) is 0 Å². The smallest absolute Gasteiger partial charge is 0.318 e. The van der Waals surface area contributed by atoms with Crippen LogP contribution in [-0.4, -0.2) is 30.7 Å². The van der Waals surface area contributed by atoms with Crippen LogP contribution in [0.15, 0.2) is 0 Å². The molecule has 0 aliphatic heterocycles. The van der Waals surface area contributed by atoms with E-state index in [2.05, 4.69) is 5.32 Å². The second kappa shape index (κ2) is 4.98. The van der Waals surface area contributed by atoms with Gasteiger partial charge in [0.25, 0.3) is 0 Å². The first-order valence-electron chi connectivity index (χ1n) is 4.28. The van der Waals surface area contributed by atoms with Crippen molar-refractivity contribution < 1.29 is 4.79 Å². The molecule has 2 amide bonds. The molecule has 3 N–H and O–H groups in total. The van der Waals surface area contributed by atoms with E-state index in [0.717, 1.165) is 0 Å². The van der Waals surface area contributed by atoms with Crippen molar-refractivity contribution in [1.82, 2.24) is 10.2 Å². The number of amides is 2. The molecule has 0 fully saturated rings. The standard InChI is InChI=1S/C8H19N3O/c1-5-11(8(12)10-4)7(9)6(2)3/h6-7H,5,9H2,1-4H3,(H,10,12). The van der Waals surface area contributed by atoms with Gasteiger partial charge in [-0.3, -0.25) is 0 Å². The van der Waals surface area contributed by atoms with Gasteiger partial charge < -0.3 is 16.0 Å². The van der Waals surface area contributed by atoms with Gasteiger partial charge in [0.05, 0.1) is 6.17 Å². The zero-order valence-corrected chi connectivity index (χ0v) is 8.29. The van der Waals surface area contributed by atoms with Gasteiger partial charge >= 0.3 is 6.03 Å². The van der Waals surface area contributed by atoms with E-state index in [1.54, 1.807) is 11.9 Å². The molecule has 72 valence electrons. The fourth-order valence-corrected chi connectivity index (χ4v) is 0.993. The maximum atomic E-state index is 11.2. The second-order valence-electron chi connectivity index (χ2n) is 3.08. The summed E-state index contributed by atoms with van der Waals surface area (Å²) in [5, 5.41) is 2.56. The van der Waals surface area contributed by atoms with E-state index < -0.39 is 0 Å². The van der Waals surface area contributed by atoms with Gasteiger partial charge in [0.15, 0.2) is 0 Å². The maximum Gasteiger partial charge on any atom is 0.318 e. The zero-order chi connectivity index (χ0) is 9.72. The Balaban J connectivity index is 4.23. The molecule has 1 atom stereocenters. The van der Waals surface area contributed by atoms with E-state index in [9.17, 15) is 4.79 Å². The van der Waals surface area contributed by atoms with Crippen molar-refractivity contribution >= 4 is 6.03 Å². The molecule has 0 spiro atoms. The van der Waals surface area contributed by atoms with Crippen LogP contribution >= 0.6 is 0 Å². The SMILES string of the molecule is CCN(C(=O)NC)C(N)C(C)C. The first kappa shape index (κ1) is 11.2. The molecule has 0 rings (SSSR count). The molecule has 0 saturated carbocycles. The van der Waals surface area contributed by atoms with Gasteiger partial charge in [-0.2, -0.15) is 0 Å². The molecule has 0 aromatic heterocycles. The topological polar surface area (TPSA) is 58.4 Å². The number of urea groups is 1. The molecule has 4 heteroatoms. The Bertz CT molecular complexity index is 147. The first-order chi connectivity index (χ1) is 5.54. The Morgan fingerprint density at radius 2 is 2.08 bits per heavy atom. The summed E-state index contributed by atoms with van der Waals surface area (Å²) in [6, 6.07) is -0.112. The largest absolute Gasteiger partial charge is 0.341 e. The van der Waals surface area contributed by atoms with Crippen molar-refractivity contribution in [1.29, 1.82) is 0 Å². The fraction of sp³-hybridized carbons (Fsp3) is 0.875. The lowest BCUT2D eigenvalue weighted by Gasteiger charge is -2.29. The quantitative estimate of drug-likeness (QED) is 0.614. The highest BCUT2D eigenvalue weighted by Crippen LogP contribution is 2.04. The molecule has 0 bridgehead atoms. The lowest BCUT2D eigenvalue weighted by molar-refractivity contribution is 0.163. The highest BCUT2D eigenvalue weighted by atomic mass is 16.2. The summed E-state index contributed by atoms with van der Waals surface area (Å²) in [7, 11) is 1.61. The van der Waals surface area contributed by atoms with Crippen LogP contribution in [0.25, 0.3) is 0 Å². The molecule has 4 nitrogen and oxygen atoms in total. The molecule has 1 unspecified atom stereocenters. The van der Waals surface area contributed by atoms with Crippen LogP contribution in [0.4, 0.5) is 4.79 Å². The number of nitrogens with zero attached hydrogens (tertiary/aromatic N) is 1. The monoisotopic (exact) mass is 173 g/mol. The number of hydrogen-bond acceptors (Lipinski definition) is 2. The molecular formula is C8H19N3O. The number of nitrogens with one attached hydrogen (secondary N) is 1. The van der Waals surface area contributed by atoms with E-state index in [4.69, 9.17) is 5.73 Å². The summed E-state index contributed by atoms with van der Waals surface area (Å²) in [5.41, 5.74) is 5.81. The van der Waals surface area contributed by atoms with Crippen LogP contribution in [0.5, 0.6) is 0 Å². The number of nitrogens with two attached hydrogens (primary N) is 1. The Labute approximate surface area is 74.1 Å². The van der Waals surface area contributed by atoms with E-state index in [1.807, 2.05) is 20.8 Å². The van der Waals surface area contributed by atoms with Crippen LogP contribution in [-0.2, 0) is 0 Å². The summed E-state index contributed by atoms with van der Waals surface area (Å²) in [6.07, 6.45) is -0.199. The third kappa shape index (κ3) is 2.70. The van der Waals surface area contributed by atoms with E-state index in [-0.39, 0.29) is 18.1 Å². The third-order valence-electron chi connectivity index (χ3n) is 1.86. The number of carbonyl (C=O) groups is 1. The van der Waals surface area contributed by atoms with Crippen LogP contribution < -0.4 is 11.1 Å². The molecular weight excluding hydrogens is 154 g/mol. The fourth-order valence-electron chi connectivity index (χ4n) is 0.993. The minimum absolute atomic E-state index is 0.112. The summed E-state index contributed by atoms with van der Waals surface area (Å²) in [5.74, 6) is 0.280. The van der Waals surface area contributed by atoms with E-state index in [1.165, 1.54) is 0 Å². The van der Waals surface area contributed by atoms with Crippen molar-refractivity contribution in [2.24, 2.45) is 11.7 Å². The van der Waals surface area contributed by atoms with Gasteiger partial charge in [-0.25, -0.2) is 4.79 Å². The van der Waals surface area contributed by atoms with Crippen molar-refractivity contribution in [3.05, 3.63) is 0 Å². The number of hydrogen-bond donors (Lipinski definition) is 2. The Hall–Kier alpha value is -0.770. The lowest BCUT2D eigenvalue weighted by Crippen LogP contribution is -2.51. The van der Waals surface area contributed by atoms with Crippen molar-refractivity contribution in [3.8, 4) is 0 Å². The molecule has 0 aromatic rings. The zero-order valence-electron chi connectivity index (χ0n) is 8.29. The van der Waals surface area contributed by atoms with Crippen LogP contribution in [0, 0.1) is 5.92 Å². The number of carbonyl (C=O) groups excluding carboxylic acids is 1. The Morgan fingerprint density at radius 3 is 2.33 bits per heavy atom. The van der Waals surface area contributed by atoms with Gasteiger partial charge in [0.2, 0.25) is 0 Å². The van der Waals surface area contributed by atoms with Crippen LogP contribution in [0.1, 0.15) is 20.8 Å². The van der Waals surface area contributed by atoms with E-state index in [0.29, 0.717) is 6.54 Å². The molecule has 0 aromatic carbocycles. The van der Waals surface area contributed by atoms with Gasteiger partial charge in [0.1, 0.15) is 0 Å². The number of rotatable bonds is 3. The van der Waals surface area contributed by atoms with Gasteiger partial charge in [-0.1, -0.05) is 13.8 Å². The minimum Gasteiger partial charge on any atom is -0.341 e. The normalized spacial score (nSPS) is 12.8. The molecule has 0 aliphatic rings. The average molecular weight is 173 g/mol. The predicted molar refractivity (Wildman–Crippen MR) is 49.6 cm³/mol. The molecule has 0 heterocycles.